The molecule has 1 unspecified atom stereocenters. The second-order valence-electron chi connectivity index (χ2n) is 8.01. The van der Waals surface area contributed by atoms with Gasteiger partial charge in [0.2, 0.25) is 15.9 Å². The van der Waals surface area contributed by atoms with Gasteiger partial charge in [-0.2, -0.15) is 4.31 Å². The van der Waals surface area contributed by atoms with Gasteiger partial charge in [-0.1, -0.05) is 13.8 Å². The molecule has 1 aliphatic rings. The molecule has 7 nitrogen and oxygen atoms in total. The fourth-order valence-electron chi connectivity index (χ4n) is 3.47. The molecular weight excluding hydrogens is 459 g/mol. The normalized spacial score (nSPS) is 16.0. The molecule has 33 heavy (non-hydrogen) atoms. The van der Waals surface area contributed by atoms with Gasteiger partial charge in [-0.25, -0.2) is 21.6 Å². The van der Waals surface area contributed by atoms with Crippen molar-refractivity contribution in [1.29, 1.82) is 0 Å². The molecular formula is C22H24F3N3O4S. The first-order valence-corrected chi connectivity index (χ1v) is 11.7. The Balaban J connectivity index is 1.66. The van der Waals surface area contributed by atoms with E-state index in [9.17, 15) is 31.2 Å². The maximum absolute atomic E-state index is 13.5. The zero-order valence-corrected chi connectivity index (χ0v) is 18.9. The predicted octanol–water partition coefficient (Wildman–Crippen LogP) is 2.39. The van der Waals surface area contributed by atoms with Crippen molar-refractivity contribution >= 4 is 21.8 Å². The van der Waals surface area contributed by atoms with E-state index in [0.717, 1.165) is 28.6 Å². The van der Waals surface area contributed by atoms with E-state index in [4.69, 9.17) is 0 Å². The number of nitrogens with zero attached hydrogens (tertiary/aromatic N) is 2. The molecule has 1 aliphatic heterocycles. The lowest BCUT2D eigenvalue weighted by atomic mass is 10.0. The van der Waals surface area contributed by atoms with Crippen molar-refractivity contribution in [3.8, 4) is 0 Å². The van der Waals surface area contributed by atoms with Gasteiger partial charge in [0.15, 0.2) is 11.6 Å². The van der Waals surface area contributed by atoms with Gasteiger partial charge >= 0.3 is 0 Å². The molecule has 2 aromatic rings. The highest BCUT2D eigenvalue weighted by Crippen LogP contribution is 2.20. The summed E-state index contributed by atoms with van der Waals surface area (Å²) in [4.78, 5) is 26.6. The highest BCUT2D eigenvalue weighted by molar-refractivity contribution is 7.89. The van der Waals surface area contributed by atoms with Crippen LogP contribution in [-0.2, 0) is 14.8 Å². The van der Waals surface area contributed by atoms with Crippen LogP contribution in [0.2, 0.25) is 0 Å². The lowest BCUT2D eigenvalue weighted by Gasteiger charge is -2.36. The van der Waals surface area contributed by atoms with Gasteiger partial charge in [-0.15, -0.1) is 0 Å². The smallest absolute Gasteiger partial charge is 0.251 e. The molecule has 0 spiro atoms. The zero-order valence-electron chi connectivity index (χ0n) is 18.1. The monoisotopic (exact) mass is 483 g/mol. The Kier molecular flexibility index (Phi) is 7.43. The number of hydrogen-bond donors (Lipinski definition) is 1. The number of halogens is 3. The van der Waals surface area contributed by atoms with Crippen LogP contribution >= 0.6 is 0 Å². The first-order chi connectivity index (χ1) is 15.5. The Bertz CT molecular complexity index is 1130. The third-order valence-corrected chi connectivity index (χ3v) is 7.30. The van der Waals surface area contributed by atoms with E-state index < -0.39 is 39.4 Å². The topological polar surface area (TPSA) is 86.8 Å². The van der Waals surface area contributed by atoms with Crippen LogP contribution in [-0.4, -0.2) is 61.7 Å². The Hall–Kier alpha value is -2.92. The Labute approximate surface area is 190 Å². The third-order valence-electron chi connectivity index (χ3n) is 5.40. The molecule has 1 heterocycles. The van der Waals surface area contributed by atoms with Gasteiger partial charge in [0.25, 0.3) is 5.91 Å². The molecule has 1 fully saturated rings. The molecule has 3 rings (SSSR count). The molecule has 1 N–H and O–H groups in total. The summed E-state index contributed by atoms with van der Waals surface area (Å²) in [5.74, 6) is -4.05. The maximum Gasteiger partial charge on any atom is 0.251 e. The molecule has 2 aromatic carbocycles. The van der Waals surface area contributed by atoms with Gasteiger partial charge in [0.05, 0.1) is 4.90 Å². The molecule has 1 saturated heterocycles. The van der Waals surface area contributed by atoms with Crippen LogP contribution < -0.4 is 5.32 Å². The van der Waals surface area contributed by atoms with E-state index >= 15 is 0 Å². The van der Waals surface area contributed by atoms with E-state index in [1.54, 1.807) is 13.8 Å². The SMILES string of the molecule is CC(C)C(NC(=O)c1ccc(F)cc1)C(=O)N1CCN(S(=O)(=O)c2ccc(F)c(F)c2)CC1. The van der Waals surface area contributed by atoms with Crippen molar-refractivity contribution in [2.75, 3.05) is 26.2 Å². The van der Waals surface area contributed by atoms with Crippen molar-refractivity contribution < 1.29 is 31.2 Å². The number of carbonyl (C=O) groups is 2. The van der Waals surface area contributed by atoms with Crippen LogP contribution in [0, 0.1) is 23.4 Å². The summed E-state index contributed by atoms with van der Waals surface area (Å²) in [6, 6.07) is 6.42. The largest absolute Gasteiger partial charge is 0.340 e. The molecule has 0 aliphatic carbocycles. The zero-order chi connectivity index (χ0) is 24.3. The number of nitrogens with one attached hydrogen (secondary N) is 1. The van der Waals surface area contributed by atoms with Gasteiger partial charge in [-0.3, -0.25) is 9.59 Å². The van der Waals surface area contributed by atoms with E-state index in [1.165, 1.54) is 17.0 Å². The van der Waals surface area contributed by atoms with Gasteiger partial charge in [0, 0.05) is 31.7 Å². The third kappa shape index (κ3) is 5.53. The Morgan fingerprint density at radius 2 is 1.52 bits per heavy atom. The van der Waals surface area contributed by atoms with Crippen molar-refractivity contribution in [2.24, 2.45) is 5.92 Å². The number of sulfonamides is 1. The molecule has 0 aromatic heterocycles. The minimum Gasteiger partial charge on any atom is -0.340 e. The average Bonchev–Trinajstić information content (AvgIpc) is 2.79. The fraction of sp³-hybridized carbons (Fsp3) is 0.364. The maximum atomic E-state index is 13.5. The highest BCUT2D eigenvalue weighted by atomic mass is 32.2. The second kappa shape index (κ2) is 9.92. The highest BCUT2D eigenvalue weighted by Gasteiger charge is 2.34. The number of benzene rings is 2. The lowest BCUT2D eigenvalue weighted by molar-refractivity contribution is -0.135. The van der Waals surface area contributed by atoms with E-state index in [-0.39, 0.29) is 48.5 Å². The van der Waals surface area contributed by atoms with Crippen LogP contribution in [0.3, 0.4) is 0 Å². The van der Waals surface area contributed by atoms with Crippen molar-refractivity contribution in [3.63, 3.8) is 0 Å². The van der Waals surface area contributed by atoms with E-state index in [2.05, 4.69) is 5.32 Å². The summed E-state index contributed by atoms with van der Waals surface area (Å²) in [6.07, 6.45) is 0. The number of amides is 2. The van der Waals surface area contributed by atoms with Crippen LogP contribution in [0.15, 0.2) is 47.4 Å². The van der Waals surface area contributed by atoms with Crippen LogP contribution in [0.1, 0.15) is 24.2 Å². The number of rotatable bonds is 6. The van der Waals surface area contributed by atoms with E-state index in [1.807, 2.05) is 0 Å². The van der Waals surface area contributed by atoms with E-state index in [0.29, 0.717) is 6.07 Å². The minimum absolute atomic E-state index is 0.0379. The van der Waals surface area contributed by atoms with Crippen LogP contribution in [0.4, 0.5) is 13.2 Å². The summed E-state index contributed by atoms with van der Waals surface area (Å²) in [5, 5.41) is 2.67. The average molecular weight is 484 g/mol. The first kappa shape index (κ1) is 24.7. The Morgan fingerprint density at radius 1 is 0.909 bits per heavy atom. The van der Waals surface area contributed by atoms with Crippen molar-refractivity contribution in [1.82, 2.24) is 14.5 Å². The predicted molar refractivity (Wildman–Crippen MR) is 114 cm³/mol. The molecule has 178 valence electrons. The van der Waals surface area contributed by atoms with Crippen LogP contribution in [0.25, 0.3) is 0 Å². The number of piperazine rings is 1. The Morgan fingerprint density at radius 3 is 2.06 bits per heavy atom. The molecule has 11 heteroatoms. The van der Waals surface area contributed by atoms with Crippen molar-refractivity contribution in [2.45, 2.75) is 24.8 Å². The number of carbonyl (C=O) groups excluding carboxylic acids is 2. The van der Waals surface area contributed by atoms with Gasteiger partial charge in [0.1, 0.15) is 11.9 Å². The molecule has 1 atom stereocenters. The molecule has 0 saturated carbocycles. The summed E-state index contributed by atoms with van der Waals surface area (Å²) in [7, 11) is -4.06. The number of hydrogen-bond acceptors (Lipinski definition) is 4. The fourth-order valence-corrected chi connectivity index (χ4v) is 4.91. The summed E-state index contributed by atoms with van der Waals surface area (Å²) in [6.45, 7) is 3.58. The summed E-state index contributed by atoms with van der Waals surface area (Å²) in [5.41, 5.74) is 0.206. The molecule has 0 bridgehead atoms. The first-order valence-electron chi connectivity index (χ1n) is 10.3. The quantitative estimate of drug-likeness (QED) is 0.684. The minimum atomic E-state index is -4.06. The van der Waals surface area contributed by atoms with Crippen LogP contribution in [0.5, 0.6) is 0 Å². The molecule has 0 radical (unpaired) electrons. The van der Waals surface area contributed by atoms with Gasteiger partial charge in [-0.05, 0) is 48.4 Å². The van der Waals surface area contributed by atoms with Gasteiger partial charge < -0.3 is 10.2 Å². The summed E-state index contributed by atoms with van der Waals surface area (Å²) >= 11 is 0. The molecule has 2 amide bonds. The lowest BCUT2D eigenvalue weighted by Crippen LogP contribution is -2.57. The summed E-state index contributed by atoms with van der Waals surface area (Å²) < 4.78 is 66.3. The standard InChI is InChI=1S/C22H24F3N3O4S/c1-14(2)20(26-21(29)15-3-5-16(23)6-4-15)22(30)27-9-11-28(12-10-27)33(31,32)17-7-8-18(24)19(25)13-17/h3-8,13-14,20H,9-12H2,1-2H3,(H,26,29). The second-order valence-corrected chi connectivity index (χ2v) is 9.95. The van der Waals surface area contributed by atoms with Crippen molar-refractivity contribution in [3.05, 3.63) is 65.5 Å².